The van der Waals surface area contributed by atoms with Crippen LogP contribution >= 0.6 is 0 Å². The minimum atomic E-state index is -0.589. The highest BCUT2D eigenvalue weighted by atomic mass is 16.5. The van der Waals surface area contributed by atoms with E-state index < -0.39 is 5.92 Å². The van der Waals surface area contributed by atoms with Crippen LogP contribution in [-0.4, -0.2) is 25.2 Å². The standard InChI is InChI=1S/C9H16N2O2/c1-4-13-8(3)6-11-9(12)7(2)5-10/h7-8H,4,6H2,1-3H3,(H,11,12). The molecular weight excluding hydrogens is 168 g/mol. The van der Waals surface area contributed by atoms with E-state index in [1.54, 1.807) is 6.92 Å². The van der Waals surface area contributed by atoms with E-state index in [9.17, 15) is 4.79 Å². The van der Waals surface area contributed by atoms with Crippen LogP contribution in [0.25, 0.3) is 0 Å². The molecule has 0 bridgehead atoms. The number of rotatable bonds is 5. The van der Waals surface area contributed by atoms with Gasteiger partial charge >= 0.3 is 0 Å². The van der Waals surface area contributed by atoms with Gasteiger partial charge in [0.15, 0.2) is 0 Å². The van der Waals surface area contributed by atoms with Gasteiger partial charge in [-0.05, 0) is 20.8 Å². The molecule has 2 unspecified atom stereocenters. The Morgan fingerprint density at radius 3 is 2.69 bits per heavy atom. The van der Waals surface area contributed by atoms with Gasteiger partial charge in [0.1, 0.15) is 5.92 Å². The summed E-state index contributed by atoms with van der Waals surface area (Å²) in [6, 6.07) is 1.87. The second-order valence-electron chi connectivity index (χ2n) is 2.86. The lowest BCUT2D eigenvalue weighted by Gasteiger charge is -2.12. The summed E-state index contributed by atoms with van der Waals surface area (Å²) < 4.78 is 5.21. The van der Waals surface area contributed by atoms with E-state index in [1.165, 1.54) is 0 Å². The Morgan fingerprint density at radius 2 is 2.23 bits per heavy atom. The highest BCUT2D eigenvalue weighted by Crippen LogP contribution is 1.92. The van der Waals surface area contributed by atoms with Crippen LogP contribution in [0.5, 0.6) is 0 Å². The fourth-order valence-electron chi connectivity index (χ4n) is 0.799. The molecule has 2 atom stereocenters. The maximum absolute atomic E-state index is 11.1. The van der Waals surface area contributed by atoms with Crippen molar-refractivity contribution in [3.05, 3.63) is 0 Å². The zero-order valence-corrected chi connectivity index (χ0v) is 8.33. The molecule has 0 heterocycles. The summed E-state index contributed by atoms with van der Waals surface area (Å²) in [7, 11) is 0. The molecule has 0 aromatic heterocycles. The number of hydrogen-bond acceptors (Lipinski definition) is 3. The third-order valence-corrected chi connectivity index (χ3v) is 1.60. The number of nitrogens with one attached hydrogen (secondary N) is 1. The van der Waals surface area contributed by atoms with Crippen molar-refractivity contribution >= 4 is 5.91 Å². The zero-order chi connectivity index (χ0) is 10.3. The fraction of sp³-hybridized carbons (Fsp3) is 0.778. The molecule has 0 aromatic rings. The van der Waals surface area contributed by atoms with E-state index in [1.807, 2.05) is 19.9 Å². The molecule has 0 aliphatic rings. The summed E-state index contributed by atoms with van der Waals surface area (Å²) in [5.74, 6) is -0.831. The number of nitrogens with zero attached hydrogens (tertiary/aromatic N) is 1. The maximum Gasteiger partial charge on any atom is 0.237 e. The largest absolute Gasteiger partial charge is 0.377 e. The Labute approximate surface area is 78.9 Å². The summed E-state index contributed by atoms with van der Waals surface area (Å²) in [6.07, 6.45) is -0.000146. The number of hydrogen-bond donors (Lipinski definition) is 1. The van der Waals surface area contributed by atoms with Crippen LogP contribution < -0.4 is 5.32 Å². The van der Waals surface area contributed by atoms with Crippen molar-refractivity contribution in [2.75, 3.05) is 13.2 Å². The first-order valence-electron chi connectivity index (χ1n) is 4.40. The molecule has 0 radical (unpaired) electrons. The second kappa shape index (κ2) is 6.44. The quantitative estimate of drug-likeness (QED) is 0.683. The Balaban J connectivity index is 3.65. The van der Waals surface area contributed by atoms with Crippen molar-refractivity contribution in [1.29, 1.82) is 5.26 Å². The minimum absolute atomic E-state index is 0.000146. The van der Waals surface area contributed by atoms with Crippen LogP contribution in [0.4, 0.5) is 0 Å². The smallest absolute Gasteiger partial charge is 0.237 e. The molecule has 0 fully saturated rings. The Hall–Kier alpha value is -1.08. The van der Waals surface area contributed by atoms with Gasteiger partial charge in [-0.2, -0.15) is 5.26 Å². The van der Waals surface area contributed by atoms with E-state index in [0.717, 1.165) is 0 Å². The molecule has 1 amide bonds. The lowest BCUT2D eigenvalue weighted by atomic mass is 10.2. The van der Waals surface area contributed by atoms with Crippen molar-refractivity contribution < 1.29 is 9.53 Å². The highest BCUT2D eigenvalue weighted by Gasteiger charge is 2.11. The average Bonchev–Trinajstić information content (AvgIpc) is 2.13. The number of carbonyl (C=O) groups is 1. The Morgan fingerprint density at radius 1 is 1.62 bits per heavy atom. The van der Waals surface area contributed by atoms with Crippen LogP contribution in [0.1, 0.15) is 20.8 Å². The lowest BCUT2D eigenvalue weighted by molar-refractivity contribution is -0.123. The summed E-state index contributed by atoms with van der Waals surface area (Å²) >= 11 is 0. The van der Waals surface area contributed by atoms with Gasteiger partial charge in [0, 0.05) is 13.2 Å². The van der Waals surface area contributed by atoms with E-state index >= 15 is 0 Å². The Kier molecular flexibility index (Phi) is 5.90. The topological polar surface area (TPSA) is 62.1 Å². The molecule has 0 saturated carbocycles. The number of ether oxygens (including phenoxy) is 1. The molecule has 0 spiro atoms. The predicted octanol–water partition coefficient (Wildman–Crippen LogP) is 0.687. The fourth-order valence-corrected chi connectivity index (χ4v) is 0.799. The van der Waals surface area contributed by atoms with Gasteiger partial charge in [0.2, 0.25) is 5.91 Å². The lowest BCUT2D eigenvalue weighted by Crippen LogP contribution is -2.35. The van der Waals surface area contributed by atoms with Gasteiger partial charge in [-0.25, -0.2) is 0 Å². The van der Waals surface area contributed by atoms with Crippen LogP contribution in [0, 0.1) is 17.2 Å². The van der Waals surface area contributed by atoms with Gasteiger partial charge in [-0.15, -0.1) is 0 Å². The highest BCUT2D eigenvalue weighted by molar-refractivity contribution is 5.80. The van der Waals surface area contributed by atoms with Gasteiger partial charge in [0.25, 0.3) is 0 Å². The molecule has 4 heteroatoms. The monoisotopic (exact) mass is 184 g/mol. The van der Waals surface area contributed by atoms with E-state index in [0.29, 0.717) is 13.2 Å². The van der Waals surface area contributed by atoms with Gasteiger partial charge in [0.05, 0.1) is 12.2 Å². The maximum atomic E-state index is 11.1. The summed E-state index contributed by atoms with van der Waals surface area (Å²) in [6.45, 7) is 6.43. The van der Waals surface area contributed by atoms with Crippen LogP contribution in [0.3, 0.4) is 0 Å². The number of amides is 1. The first kappa shape index (κ1) is 11.9. The van der Waals surface area contributed by atoms with Crippen molar-refractivity contribution in [3.63, 3.8) is 0 Å². The molecule has 4 nitrogen and oxygen atoms in total. The Bertz CT molecular complexity index is 198. The second-order valence-corrected chi connectivity index (χ2v) is 2.86. The van der Waals surface area contributed by atoms with Crippen LogP contribution in [0.2, 0.25) is 0 Å². The van der Waals surface area contributed by atoms with Gasteiger partial charge < -0.3 is 10.1 Å². The van der Waals surface area contributed by atoms with Crippen molar-refractivity contribution in [2.24, 2.45) is 5.92 Å². The third kappa shape index (κ3) is 5.21. The minimum Gasteiger partial charge on any atom is -0.377 e. The van der Waals surface area contributed by atoms with E-state index in [4.69, 9.17) is 10.00 Å². The zero-order valence-electron chi connectivity index (χ0n) is 8.33. The van der Waals surface area contributed by atoms with E-state index in [-0.39, 0.29) is 12.0 Å². The molecule has 0 aliphatic heterocycles. The molecule has 0 aliphatic carbocycles. The van der Waals surface area contributed by atoms with Crippen molar-refractivity contribution in [2.45, 2.75) is 26.9 Å². The molecule has 0 saturated heterocycles. The molecule has 13 heavy (non-hydrogen) atoms. The average molecular weight is 184 g/mol. The van der Waals surface area contributed by atoms with E-state index in [2.05, 4.69) is 5.32 Å². The molecule has 0 aromatic carbocycles. The molecule has 74 valence electrons. The number of carbonyl (C=O) groups excluding carboxylic acids is 1. The van der Waals surface area contributed by atoms with Crippen molar-refractivity contribution in [3.8, 4) is 6.07 Å². The normalized spacial score (nSPS) is 14.3. The summed E-state index contributed by atoms with van der Waals surface area (Å²) in [5, 5.41) is 11.1. The SMILES string of the molecule is CCOC(C)CNC(=O)C(C)C#N. The van der Waals surface area contributed by atoms with Crippen LogP contribution in [0.15, 0.2) is 0 Å². The summed E-state index contributed by atoms with van der Waals surface area (Å²) in [5.41, 5.74) is 0. The van der Waals surface area contributed by atoms with Crippen molar-refractivity contribution in [1.82, 2.24) is 5.32 Å². The summed E-state index contributed by atoms with van der Waals surface area (Å²) in [4.78, 5) is 11.1. The first-order chi connectivity index (χ1) is 6.11. The third-order valence-electron chi connectivity index (χ3n) is 1.60. The molecule has 1 N–H and O–H groups in total. The molecule has 0 rings (SSSR count). The number of nitriles is 1. The van der Waals surface area contributed by atoms with Gasteiger partial charge in [-0.3, -0.25) is 4.79 Å². The first-order valence-corrected chi connectivity index (χ1v) is 4.40. The van der Waals surface area contributed by atoms with Gasteiger partial charge in [-0.1, -0.05) is 0 Å². The predicted molar refractivity (Wildman–Crippen MR) is 48.9 cm³/mol. The van der Waals surface area contributed by atoms with Crippen LogP contribution in [-0.2, 0) is 9.53 Å². The molecular formula is C9H16N2O2.